The maximum absolute atomic E-state index is 4.04. The van der Waals surface area contributed by atoms with Gasteiger partial charge in [0.15, 0.2) is 0 Å². The molecule has 0 aromatic heterocycles. The van der Waals surface area contributed by atoms with Gasteiger partial charge in [-0.2, -0.15) is 0 Å². The Bertz CT molecular complexity index is 625. The van der Waals surface area contributed by atoms with Gasteiger partial charge in [-0.3, -0.25) is 0 Å². The summed E-state index contributed by atoms with van der Waals surface area (Å²) in [7, 11) is 0. The van der Waals surface area contributed by atoms with Gasteiger partial charge in [0, 0.05) is 11.5 Å². The third kappa shape index (κ3) is 5.51. The Labute approximate surface area is 167 Å². The fourth-order valence-corrected chi connectivity index (χ4v) is 5.31. The van der Waals surface area contributed by atoms with Crippen LogP contribution in [0.3, 0.4) is 0 Å². The zero-order chi connectivity index (χ0) is 19.1. The first kappa shape index (κ1) is 20.3. The first-order chi connectivity index (χ1) is 13.2. The van der Waals surface area contributed by atoms with Gasteiger partial charge in [0.1, 0.15) is 0 Å². The van der Waals surface area contributed by atoms with Crippen molar-refractivity contribution in [3.8, 4) is 11.8 Å². The van der Waals surface area contributed by atoms with Gasteiger partial charge >= 0.3 is 0 Å². The highest BCUT2D eigenvalue weighted by molar-refractivity contribution is 5.37. The van der Waals surface area contributed by atoms with E-state index in [9.17, 15) is 0 Å². The largest absolute Gasteiger partial charge is 0.103 e. The quantitative estimate of drug-likeness (QED) is 0.371. The average Bonchev–Trinajstić information content (AvgIpc) is 2.74. The third-order valence-electron chi connectivity index (χ3n) is 7.38. The Hall–Kier alpha value is -1.48. The van der Waals surface area contributed by atoms with Gasteiger partial charge in [-0.05, 0) is 99.2 Å². The van der Waals surface area contributed by atoms with E-state index in [0.717, 1.165) is 23.7 Å². The highest BCUT2D eigenvalue weighted by Gasteiger charge is 2.26. The second-order valence-corrected chi connectivity index (χ2v) is 8.94. The number of hydrogen-bond donors (Lipinski definition) is 0. The Kier molecular flexibility index (Phi) is 7.63. The fraction of sp³-hybridized carbons (Fsp3) is 0.630. The molecule has 0 spiro atoms. The van der Waals surface area contributed by atoms with Crippen molar-refractivity contribution < 1.29 is 0 Å². The molecule has 1 unspecified atom stereocenters. The molecule has 0 aliphatic heterocycles. The molecule has 0 N–H and O–H groups in total. The van der Waals surface area contributed by atoms with E-state index in [2.05, 4.69) is 62.6 Å². The molecule has 0 nitrogen and oxygen atoms in total. The van der Waals surface area contributed by atoms with Crippen LogP contribution in [0.5, 0.6) is 0 Å². The van der Waals surface area contributed by atoms with Crippen molar-refractivity contribution in [1.29, 1.82) is 0 Å². The van der Waals surface area contributed by atoms with Gasteiger partial charge < -0.3 is 0 Å². The summed E-state index contributed by atoms with van der Waals surface area (Å²) in [6.07, 6.45) is 15.5. The first-order valence-electron chi connectivity index (χ1n) is 11.5. The van der Waals surface area contributed by atoms with Crippen LogP contribution in [0.25, 0.3) is 0 Å². The van der Waals surface area contributed by atoms with Crippen LogP contribution >= 0.6 is 0 Å². The molecule has 0 bridgehead atoms. The highest BCUT2D eigenvalue weighted by atomic mass is 14.3. The molecule has 2 aliphatic rings. The number of allylic oxidation sites excluding steroid dienone is 1. The van der Waals surface area contributed by atoms with E-state index in [1.165, 1.54) is 75.3 Å². The topological polar surface area (TPSA) is 0 Å². The van der Waals surface area contributed by atoms with Crippen molar-refractivity contribution in [2.75, 3.05) is 0 Å². The fourth-order valence-electron chi connectivity index (χ4n) is 5.31. The van der Waals surface area contributed by atoms with E-state index in [4.69, 9.17) is 0 Å². The van der Waals surface area contributed by atoms with Crippen molar-refractivity contribution in [3.63, 3.8) is 0 Å². The van der Waals surface area contributed by atoms with E-state index >= 15 is 0 Å². The molecule has 0 radical (unpaired) electrons. The average molecular weight is 363 g/mol. The van der Waals surface area contributed by atoms with Gasteiger partial charge in [-0.15, -0.1) is 6.58 Å². The van der Waals surface area contributed by atoms with Crippen LogP contribution in [0.2, 0.25) is 0 Å². The van der Waals surface area contributed by atoms with Gasteiger partial charge in [0.25, 0.3) is 0 Å². The molecule has 1 atom stereocenters. The number of benzene rings is 1. The Morgan fingerprint density at radius 3 is 2.19 bits per heavy atom. The minimum absolute atomic E-state index is 0.624. The van der Waals surface area contributed by atoms with Crippen LogP contribution in [0, 0.1) is 35.5 Å². The van der Waals surface area contributed by atoms with Crippen LogP contribution in [-0.4, -0.2) is 0 Å². The Morgan fingerprint density at radius 2 is 1.63 bits per heavy atom. The lowest BCUT2D eigenvalue weighted by molar-refractivity contribution is 0.261. The molecule has 0 heterocycles. The third-order valence-corrected chi connectivity index (χ3v) is 7.38. The normalized spacial score (nSPS) is 29.4. The molecule has 3 rings (SSSR count). The second kappa shape index (κ2) is 10.2. The second-order valence-electron chi connectivity index (χ2n) is 8.94. The van der Waals surface area contributed by atoms with E-state index in [0.29, 0.717) is 5.92 Å². The predicted octanol–water partition coefficient (Wildman–Crippen LogP) is 7.74. The maximum Gasteiger partial charge on any atom is 0.0245 e. The molecule has 0 saturated heterocycles. The van der Waals surface area contributed by atoms with E-state index in [-0.39, 0.29) is 0 Å². The van der Waals surface area contributed by atoms with E-state index in [1.807, 2.05) is 0 Å². The highest BCUT2D eigenvalue weighted by Crippen LogP contribution is 2.40. The molecule has 2 saturated carbocycles. The van der Waals surface area contributed by atoms with Gasteiger partial charge in [-0.25, -0.2) is 0 Å². The molecule has 2 aliphatic carbocycles. The van der Waals surface area contributed by atoms with Crippen molar-refractivity contribution in [3.05, 3.63) is 48.0 Å². The first-order valence-corrected chi connectivity index (χ1v) is 11.5. The minimum atomic E-state index is 0.624. The van der Waals surface area contributed by atoms with Gasteiger partial charge in [-0.1, -0.05) is 50.3 Å². The summed E-state index contributed by atoms with van der Waals surface area (Å²) in [5.41, 5.74) is 2.72. The lowest BCUT2D eigenvalue weighted by Gasteiger charge is -2.32. The van der Waals surface area contributed by atoms with Crippen molar-refractivity contribution in [2.45, 2.75) is 84.0 Å². The van der Waals surface area contributed by atoms with Crippen LogP contribution in [-0.2, 0) is 0 Å². The molecule has 1 aromatic carbocycles. The zero-order valence-corrected chi connectivity index (χ0v) is 17.6. The number of rotatable bonds is 5. The molecular formula is C27H38. The lowest BCUT2D eigenvalue weighted by atomic mass is 9.73. The van der Waals surface area contributed by atoms with Crippen LogP contribution < -0.4 is 0 Å². The maximum atomic E-state index is 4.04. The summed E-state index contributed by atoms with van der Waals surface area (Å²) in [5.74, 6) is 10.9. The van der Waals surface area contributed by atoms with Crippen LogP contribution in [0.4, 0.5) is 0 Å². The van der Waals surface area contributed by atoms with Crippen LogP contribution in [0.1, 0.15) is 95.1 Å². The Balaban J connectivity index is 1.51. The van der Waals surface area contributed by atoms with Crippen molar-refractivity contribution >= 4 is 0 Å². The molecule has 27 heavy (non-hydrogen) atoms. The van der Waals surface area contributed by atoms with Crippen LogP contribution in [0.15, 0.2) is 36.9 Å². The Morgan fingerprint density at radius 1 is 0.963 bits per heavy atom. The van der Waals surface area contributed by atoms with E-state index in [1.54, 1.807) is 0 Å². The minimum Gasteiger partial charge on any atom is -0.103 e. The molecule has 0 amide bonds. The molecule has 1 aromatic rings. The number of hydrogen-bond acceptors (Lipinski definition) is 0. The van der Waals surface area contributed by atoms with Crippen molar-refractivity contribution in [2.24, 2.45) is 23.7 Å². The summed E-state index contributed by atoms with van der Waals surface area (Å²) in [4.78, 5) is 0. The van der Waals surface area contributed by atoms with Crippen molar-refractivity contribution in [1.82, 2.24) is 0 Å². The van der Waals surface area contributed by atoms with Gasteiger partial charge in [0.05, 0.1) is 0 Å². The standard InChI is InChI=1S/C27H38/c1-4-21-7-9-22(10-8-21)11-12-23-13-15-26(16-14-23)27-19-17-25(18-20-27)24(5-2)6-3/h5,13-16,21-22,24-25,27H,2,4,6-10,17-20H2,1,3H3/t21-,22-,24?,25-,27-. The lowest BCUT2D eigenvalue weighted by Crippen LogP contribution is -2.19. The molecule has 2 fully saturated rings. The smallest absolute Gasteiger partial charge is 0.0245 e. The summed E-state index contributed by atoms with van der Waals surface area (Å²) >= 11 is 0. The van der Waals surface area contributed by atoms with Gasteiger partial charge in [0.2, 0.25) is 0 Å². The monoisotopic (exact) mass is 362 g/mol. The zero-order valence-electron chi connectivity index (χ0n) is 17.6. The SMILES string of the molecule is C=CC(CC)[C@H]1CC[C@H](c2ccc(C#C[C@H]3CC[C@H](CC)CC3)cc2)CC1. The summed E-state index contributed by atoms with van der Waals surface area (Å²) in [6.45, 7) is 8.67. The summed E-state index contributed by atoms with van der Waals surface area (Å²) < 4.78 is 0. The summed E-state index contributed by atoms with van der Waals surface area (Å²) in [5, 5.41) is 0. The summed E-state index contributed by atoms with van der Waals surface area (Å²) in [6, 6.07) is 9.19. The predicted molar refractivity (Wildman–Crippen MR) is 118 cm³/mol. The molecular weight excluding hydrogens is 324 g/mol. The molecule has 146 valence electrons. The molecule has 0 heteroatoms. The van der Waals surface area contributed by atoms with E-state index < -0.39 is 0 Å².